The van der Waals surface area contributed by atoms with Gasteiger partial charge in [-0.05, 0) is 11.6 Å². The second-order valence-electron chi connectivity index (χ2n) is 6.43. The Morgan fingerprint density at radius 3 is 2.25 bits per heavy atom. The summed E-state index contributed by atoms with van der Waals surface area (Å²) in [6.45, 7) is 0. The van der Waals surface area contributed by atoms with Crippen molar-refractivity contribution >= 4 is 16.9 Å². The Kier molecular flexibility index (Phi) is 4.34. The van der Waals surface area contributed by atoms with Gasteiger partial charge in [-0.1, -0.05) is 18.2 Å². The van der Waals surface area contributed by atoms with Crippen molar-refractivity contribution < 1.29 is 31.5 Å². The predicted molar refractivity (Wildman–Crippen MR) is 89.0 cm³/mol. The zero-order valence-corrected chi connectivity index (χ0v) is 14.4. The minimum Gasteiger partial charge on any atom is -0.468 e. The van der Waals surface area contributed by atoms with E-state index in [0.29, 0.717) is 16.5 Å². The molecule has 4 rings (SSSR count). The average Bonchev–Trinajstić information content (AvgIpc) is 3.09. The number of methoxy groups -OCH3 is 1. The molecule has 0 radical (unpaired) electrons. The molecule has 0 saturated carbocycles. The number of nitrogens with one attached hydrogen (secondary N) is 2. The van der Waals surface area contributed by atoms with Gasteiger partial charge in [-0.3, -0.25) is 10.1 Å². The third-order valence-corrected chi connectivity index (χ3v) is 4.93. The van der Waals surface area contributed by atoms with Crippen LogP contribution in [0.5, 0.6) is 0 Å². The highest BCUT2D eigenvalue weighted by atomic mass is 19.2. The summed E-state index contributed by atoms with van der Waals surface area (Å²) >= 11 is 0. The summed E-state index contributed by atoms with van der Waals surface area (Å²) in [6, 6.07) is 4.40. The molecule has 0 amide bonds. The number of hydrogen-bond donors (Lipinski definition) is 2. The maximum Gasteiger partial charge on any atom is 0.323 e. The number of esters is 1. The smallest absolute Gasteiger partial charge is 0.323 e. The van der Waals surface area contributed by atoms with E-state index in [1.54, 1.807) is 24.3 Å². The summed E-state index contributed by atoms with van der Waals surface area (Å²) in [4.78, 5) is 15.0. The molecule has 0 fully saturated rings. The van der Waals surface area contributed by atoms with Crippen molar-refractivity contribution in [3.8, 4) is 0 Å². The van der Waals surface area contributed by atoms with E-state index in [4.69, 9.17) is 4.74 Å². The van der Waals surface area contributed by atoms with E-state index in [1.165, 1.54) is 0 Å². The van der Waals surface area contributed by atoms with Crippen molar-refractivity contribution in [1.29, 1.82) is 0 Å². The number of benzene rings is 2. The summed E-state index contributed by atoms with van der Waals surface area (Å²) in [7, 11) is 1.14. The summed E-state index contributed by atoms with van der Waals surface area (Å²) in [5.41, 5.74) is 0.315. The van der Waals surface area contributed by atoms with Crippen molar-refractivity contribution in [1.82, 2.24) is 10.3 Å². The van der Waals surface area contributed by atoms with Crippen LogP contribution in [0.3, 0.4) is 0 Å². The molecule has 2 heterocycles. The first-order valence-corrected chi connectivity index (χ1v) is 8.29. The summed E-state index contributed by atoms with van der Waals surface area (Å²) in [5.74, 6) is -11.0. The zero-order chi connectivity index (χ0) is 20.2. The van der Waals surface area contributed by atoms with Gasteiger partial charge in [0.25, 0.3) is 0 Å². The van der Waals surface area contributed by atoms with Gasteiger partial charge in [0.05, 0.1) is 18.7 Å². The lowest BCUT2D eigenvalue weighted by atomic mass is 9.89. The van der Waals surface area contributed by atoms with E-state index in [9.17, 15) is 26.7 Å². The number of rotatable bonds is 2. The molecule has 4 nitrogen and oxygen atoms in total. The SMILES string of the molecule is COC(=O)[C@@H]1Cc2c([nH]c3ccccc23)[C@H](c2c(F)c(F)c(F)c(F)c2F)N1. The largest absolute Gasteiger partial charge is 0.468 e. The molecule has 2 aromatic carbocycles. The molecule has 1 aromatic heterocycles. The number of carbonyl (C=O) groups is 1. The number of ether oxygens (including phenoxy) is 1. The van der Waals surface area contributed by atoms with E-state index < -0.39 is 52.7 Å². The second kappa shape index (κ2) is 6.59. The van der Waals surface area contributed by atoms with Gasteiger partial charge >= 0.3 is 5.97 Å². The van der Waals surface area contributed by atoms with Crippen LogP contribution < -0.4 is 5.32 Å². The lowest BCUT2D eigenvalue weighted by Gasteiger charge is -2.30. The van der Waals surface area contributed by atoms with Gasteiger partial charge in [-0.15, -0.1) is 0 Å². The Hall–Kier alpha value is -2.94. The third kappa shape index (κ3) is 2.57. The molecule has 3 aromatic rings. The molecule has 2 atom stereocenters. The molecule has 0 unspecified atom stereocenters. The molecule has 28 heavy (non-hydrogen) atoms. The van der Waals surface area contributed by atoms with Crippen LogP contribution >= 0.6 is 0 Å². The highest BCUT2D eigenvalue weighted by Crippen LogP contribution is 2.38. The van der Waals surface area contributed by atoms with Gasteiger partial charge < -0.3 is 9.72 Å². The van der Waals surface area contributed by atoms with Gasteiger partial charge in [-0.2, -0.15) is 0 Å². The van der Waals surface area contributed by atoms with Crippen LogP contribution in [0.1, 0.15) is 22.9 Å². The summed E-state index contributed by atoms with van der Waals surface area (Å²) in [5, 5.41) is 3.33. The number of aromatic nitrogens is 1. The van der Waals surface area contributed by atoms with Crippen LogP contribution in [-0.2, 0) is 16.0 Å². The van der Waals surface area contributed by atoms with E-state index in [1.807, 2.05) is 0 Å². The van der Waals surface area contributed by atoms with Crippen molar-refractivity contribution in [2.45, 2.75) is 18.5 Å². The maximum atomic E-state index is 14.5. The molecule has 1 aliphatic heterocycles. The fourth-order valence-corrected chi connectivity index (χ4v) is 3.63. The van der Waals surface area contributed by atoms with Crippen molar-refractivity contribution in [2.75, 3.05) is 7.11 Å². The highest BCUT2D eigenvalue weighted by molar-refractivity contribution is 5.87. The second-order valence-corrected chi connectivity index (χ2v) is 6.43. The van der Waals surface area contributed by atoms with Gasteiger partial charge in [-0.25, -0.2) is 22.0 Å². The van der Waals surface area contributed by atoms with Crippen LogP contribution in [-0.4, -0.2) is 24.1 Å². The lowest BCUT2D eigenvalue weighted by Crippen LogP contribution is -2.46. The van der Waals surface area contributed by atoms with E-state index in [-0.39, 0.29) is 12.1 Å². The van der Waals surface area contributed by atoms with Crippen molar-refractivity contribution in [3.05, 3.63) is 70.2 Å². The third-order valence-electron chi connectivity index (χ3n) is 4.93. The first-order valence-electron chi connectivity index (χ1n) is 8.29. The van der Waals surface area contributed by atoms with Crippen LogP contribution in [0.2, 0.25) is 0 Å². The molecular formula is C19H13F5N2O2. The van der Waals surface area contributed by atoms with Crippen LogP contribution in [0.4, 0.5) is 22.0 Å². The molecule has 0 bridgehead atoms. The summed E-state index contributed by atoms with van der Waals surface area (Å²) in [6.07, 6.45) is 0.123. The van der Waals surface area contributed by atoms with Crippen LogP contribution in [0, 0.1) is 29.1 Å². The topological polar surface area (TPSA) is 54.1 Å². The van der Waals surface area contributed by atoms with Gasteiger partial charge in [0.2, 0.25) is 5.82 Å². The number of para-hydroxylation sites is 1. The standard InChI is InChI=1S/C19H13F5N2O2/c1-28-19(27)10-6-8-7-4-2-3-5-9(7)25-17(8)18(26-10)11-12(20)14(22)16(24)15(23)13(11)21/h2-5,10,18,25-26H,6H2,1H3/t10-,18-/m0/s1. The van der Waals surface area contributed by atoms with Crippen LogP contribution in [0.15, 0.2) is 24.3 Å². The number of H-pyrrole nitrogens is 1. The normalized spacial score (nSPS) is 18.9. The zero-order valence-electron chi connectivity index (χ0n) is 14.4. The van der Waals surface area contributed by atoms with E-state index in [2.05, 4.69) is 10.3 Å². The van der Waals surface area contributed by atoms with E-state index in [0.717, 1.165) is 7.11 Å². The van der Waals surface area contributed by atoms with Gasteiger partial charge in [0, 0.05) is 23.0 Å². The first kappa shape index (κ1) is 18.4. The quantitative estimate of drug-likeness (QED) is 0.301. The molecule has 2 N–H and O–H groups in total. The number of fused-ring (bicyclic) bond motifs is 3. The fraction of sp³-hybridized carbons (Fsp3) is 0.211. The maximum absolute atomic E-state index is 14.5. The molecule has 0 spiro atoms. The Labute approximate surface area is 155 Å². The number of carbonyl (C=O) groups excluding carboxylic acids is 1. The van der Waals surface area contributed by atoms with Gasteiger partial charge in [0.1, 0.15) is 6.04 Å². The Bertz CT molecular complexity index is 1080. The van der Waals surface area contributed by atoms with Crippen molar-refractivity contribution in [3.63, 3.8) is 0 Å². The van der Waals surface area contributed by atoms with E-state index >= 15 is 0 Å². The minimum atomic E-state index is -2.24. The number of halogens is 5. The molecular weight excluding hydrogens is 383 g/mol. The lowest BCUT2D eigenvalue weighted by molar-refractivity contribution is -0.143. The minimum absolute atomic E-state index is 0.123. The monoisotopic (exact) mass is 396 g/mol. The number of aromatic amines is 1. The molecule has 146 valence electrons. The van der Waals surface area contributed by atoms with Gasteiger partial charge in [0.15, 0.2) is 23.3 Å². The Balaban J connectivity index is 1.99. The highest BCUT2D eigenvalue weighted by Gasteiger charge is 2.39. The fourth-order valence-electron chi connectivity index (χ4n) is 3.63. The Morgan fingerprint density at radius 1 is 1.00 bits per heavy atom. The predicted octanol–water partition coefficient (Wildman–Crippen LogP) is 3.64. The molecule has 1 aliphatic rings. The first-order chi connectivity index (χ1) is 13.3. The Morgan fingerprint density at radius 2 is 1.61 bits per heavy atom. The molecule has 9 heteroatoms. The molecule has 0 saturated heterocycles. The summed E-state index contributed by atoms with van der Waals surface area (Å²) < 4.78 is 74.6. The number of hydrogen-bond acceptors (Lipinski definition) is 3. The van der Waals surface area contributed by atoms with Crippen LogP contribution in [0.25, 0.3) is 10.9 Å². The average molecular weight is 396 g/mol. The van der Waals surface area contributed by atoms with Crippen molar-refractivity contribution in [2.24, 2.45) is 0 Å². The molecule has 0 aliphatic carbocycles.